The van der Waals surface area contributed by atoms with Crippen molar-refractivity contribution in [2.45, 2.75) is 53.5 Å². The van der Waals surface area contributed by atoms with Gasteiger partial charge in [-0.1, -0.05) is 13.3 Å². The van der Waals surface area contributed by atoms with Gasteiger partial charge in [-0.25, -0.2) is 0 Å². The van der Waals surface area contributed by atoms with E-state index < -0.39 is 0 Å². The highest BCUT2D eigenvalue weighted by Crippen LogP contribution is 2.14. The predicted octanol–water partition coefficient (Wildman–Crippen LogP) is 3.07. The number of amides is 1. The zero-order valence-electron chi connectivity index (χ0n) is 14.2. The van der Waals surface area contributed by atoms with Crippen molar-refractivity contribution >= 4 is 17.2 Å². The molecule has 0 fully saturated rings. The predicted molar refractivity (Wildman–Crippen MR) is 90.7 cm³/mol. The maximum absolute atomic E-state index is 12.5. The number of rotatable bonds is 7. The van der Waals surface area contributed by atoms with Crippen LogP contribution in [-0.4, -0.2) is 24.2 Å². The first-order valence-corrected chi connectivity index (χ1v) is 8.50. The summed E-state index contributed by atoms with van der Waals surface area (Å²) in [4.78, 5) is 18.8. The highest BCUT2D eigenvalue weighted by atomic mass is 32.1. The van der Waals surface area contributed by atoms with E-state index in [4.69, 9.17) is 4.74 Å². The van der Waals surface area contributed by atoms with Crippen LogP contribution in [0.2, 0.25) is 0 Å². The summed E-state index contributed by atoms with van der Waals surface area (Å²) in [5.74, 6) is 5.72. The van der Waals surface area contributed by atoms with Crippen LogP contribution in [0.15, 0.2) is 4.99 Å². The third-order valence-corrected chi connectivity index (χ3v) is 4.72. The van der Waals surface area contributed by atoms with Gasteiger partial charge in [0, 0.05) is 30.6 Å². The molecule has 0 aliphatic heterocycles. The van der Waals surface area contributed by atoms with Gasteiger partial charge in [0.05, 0.1) is 12.5 Å². The molecular weight excluding hydrogens is 296 g/mol. The lowest BCUT2D eigenvalue weighted by Gasteiger charge is -2.08. The molecule has 4 nitrogen and oxygen atoms in total. The molecule has 1 aromatic heterocycles. The molecule has 0 bridgehead atoms. The van der Waals surface area contributed by atoms with Gasteiger partial charge in [-0.05, 0) is 27.2 Å². The average molecular weight is 322 g/mol. The molecular formula is C17H26N2O2S. The fraction of sp³-hybridized carbons (Fsp3) is 0.647. The Morgan fingerprint density at radius 3 is 2.77 bits per heavy atom. The number of hydrogen-bond donors (Lipinski definition) is 0. The summed E-state index contributed by atoms with van der Waals surface area (Å²) in [5, 5.41) is 0. The summed E-state index contributed by atoms with van der Waals surface area (Å²) in [7, 11) is 1.68. The molecule has 0 saturated heterocycles. The third-order valence-electron chi connectivity index (χ3n) is 3.63. The van der Waals surface area contributed by atoms with Crippen molar-refractivity contribution in [2.24, 2.45) is 10.9 Å². The maximum Gasteiger partial charge on any atom is 0.252 e. The topological polar surface area (TPSA) is 43.6 Å². The number of carbonyl (C=O) groups is 1. The molecule has 0 radical (unpaired) electrons. The Hall–Kier alpha value is -1.38. The van der Waals surface area contributed by atoms with Crippen molar-refractivity contribution in [3.05, 3.63) is 15.4 Å². The molecule has 1 aromatic rings. The second-order valence-corrected chi connectivity index (χ2v) is 6.42. The Morgan fingerprint density at radius 2 is 2.18 bits per heavy atom. The molecule has 1 atom stereocenters. The number of aryl methyl sites for hydroxylation is 1. The van der Waals surface area contributed by atoms with Gasteiger partial charge in [-0.3, -0.25) is 4.79 Å². The highest BCUT2D eigenvalue weighted by molar-refractivity contribution is 7.09. The first-order valence-electron chi connectivity index (χ1n) is 7.69. The Kier molecular flexibility index (Phi) is 8.15. The lowest BCUT2D eigenvalue weighted by Crippen LogP contribution is -2.23. The first kappa shape index (κ1) is 18.7. The minimum Gasteiger partial charge on any atom is -0.383 e. The summed E-state index contributed by atoms with van der Waals surface area (Å²) >= 11 is 1.56. The number of carbonyl (C=O) groups excluding carboxylic acids is 1. The maximum atomic E-state index is 12.5. The van der Waals surface area contributed by atoms with E-state index in [0.29, 0.717) is 19.6 Å². The molecule has 122 valence electrons. The Balaban J connectivity index is 3.09. The molecule has 1 heterocycles. The second-order valence-electron chi connectivity index (χ2n) is 5.24. The molecule has 0 N–H and O–H groups in total. The van der Waals surface area contributed by atoms with Gasteiger partial charge in [-0.2, -0.15) is 4.99 Å². The third kappa shape index (κ3) is 5.11. The molecule has 1 amide bonds. The van der Waals surface area contributed by atoms with Crippen LogP contribution >= 0.6 is 11.3 Å². The number of aromatic nitrogens is 1. The summed E-state index contributed by atoms with van der Waals surface area (Å²) < 4.78 is 7.21. The van der Waals surface area contributed by atoms with Crippen molar-refractivity contribution in [2.75, 3.05) is 13.7 Å². The van der Waals surface area contributed by atoms with Crippen LogP contribution < -0.4 is 4.80 Å². The van der Waals surface area contributed by atoms with Crippen molar-refractivity contribution in [3.63, 3.8) is 0 Å². The van der Waals surface area contributed by atoms with Crippen LogP contribution in [0.4, 0.5) is 0 Å². The number of methoxy groups -OCH3 is 1. The Morgan fingerprint density at radius 1 is 1.45 bits per heavy atom. The average Bonchev–Trinajstić information content (AvgIpc) is 2.76. The summed E-state index contributed by atoms with van der Waals surface area (Å²) in [6.45, 7) is 9.31. The van der Waals surface area contributed by atoms with Crippen LogP contribution in [-0.2, 0) is 16.1 Å². The molecule has 1 rings (SSSR count). The van der Waals surface area contributed by atoms with E-state index in [1.54, 1.807) is 25.4 Å². The Labute approximate surface area is 137 Å². The van der Waals surface area contributed by atoms with Crippen molar-refractivity contribution in [3.8, 4) is 11.8 Å². The first-order chi connectivity index (χ1) is 10.5. The fourth-order valence-electron chi connectivity index (χ4n) is 2.20. The van der Waals surface area contributed by atoms with Gasteiger partial charge in [-0.15, -0.1) is 23.2 Å². The molecule has 0 spiro atoms. The van der Waals surface area contributed by atoms with Gasteiger partial charge in [0.25, 0.3) is 5.91 Å². The number of nitrogens with zero attached hydrogens (tertiary/aromatic N) is 2. The van der Waals surface area contributed by atoms with E-state index in [9.17, 15) is 4.79 Å². The van der Waals surface area contributed by atoms with Crippen LogP contribution in [0, 0.1) is 31.6 Å². The molecule has 5 heteroatoms. The minimum absolute atomic E-state index is 0.0583. The number of ether oxygens (including phenoxy) is 1. The van der Waals surface area contributed by atoms with E-state index in [1.165, 1.54) is 4.88 Å². The molecule has 0 aromatic carbocycles. The zero-order valence-corrected chi connectivity index (χ0v) is 15.0. The lowest BCUT2D eigenvalue weighted by molar-refractivity contribution is -0.121. The molecule has 0 aliphatic carbocycles. The van der Waals surface area contributed by atoms with E-state index in [2.05, 4.69) is 42.2 Å². The molecule has 0 aliphatic rings. The highest BCUT2D eigenvalue weighted by Gasteiger charge is 2.17. The summed E-state index contributed by atoms with van der Waals surface area (Å²) in [6, 6.07) is 0. The zero-order chi connectivity index (χ0) is 16.5. The van der Waals surface area contributed by atoms with Gasteiger partial charge in [0.1, 0.15) is 0 Å². The van der Waals surface area contributed by atoms with Crippen LogP contribution in [0.25, 0.3) is 0 Å². The number of thiazole rings is 1. The quantitative estimate of drug-likeness (QED) is 0.724. The van der Waals surface area contributed by atoms with Crippen molar-refractivity contribution < 1.29 is 9.53 Å². The van der Waals surface area contributed by atoms with E-state index in [1.807, 2.05) is 0 Å². The largest absolute Gasteiger partial charge is 0.383 e. The lowest BCUT2D eigenvalue weighted by atomic mass is 9.99. The molecule has 0 unspecified atom stereocenters. The van der Waals surface area contributed by atoms with Crippen LogP contribution in [0.1, 0.15) is 43.7 Å². The smallest absolute Gasteiger partial charge is 0.252 e. The van der Waals surface area contributed by atoms with Gasteiger partial charge in [0.15, 0.2) is 4.80 Å². The molecule has 0 saturated carbocycles. The van der Waals surface area contributed by atoms with Crippen molar-refractivity contribution in [1.29, 1.82) is 0 Å². The SMILES string of the molecule is CC#CC[C@@H](CCC)C(=O)/N=c1\sc(C)c(C)n1CCOC. The van der Waals surface area contributed by atoms with Gasteiger partial charge in [0.2, 0.25) is 0 Å². The second kappa shape index (κ2) is 9.60. The van der Waals surface area contributed by atoms with Gasteiger partial charge >= 0.3 is 0 Å². The van der Waals surface area contributed by atoms with Crippen molar-refractivity contribution in [1.82, 2.24) is 4.57 Å². The standard InChI is InChI=1S/C17H26N2O2S/c1-6-8-10-15(9-7-2)16(20)18-17-19(11-12-21-5)13(3)14(4)22-17/h15H,7,9-12H2,1-5H3/b18-17-/t15-/m1/s1. The van der Waals surface area contributed by atoms with E-state index in [-0.39, 0.29) is 11.8 Å². The summed E-state index contributed by atoms with van der Waals surface area (Å²) in [6.07, 6.45) is 2.38. The monoisotopic (exact) mass is 322 g/mol. The Bertz CT molecular complexity index is 617. The van der Waals surface area contributed by atoms with E-state index >= 15 is 0 Å². The van der Waals surface area contributed by atoms with Crippen LogP contribution in [0.3, 0.4) is 0 Å². The summed E-state index contributed by atoms with van der Waals surface area (Å²) in [5.41, 5.74) is 1.15. The molecule has 22 heavy (non-hydrogen) atoms. The number of hydrogen-bond acceptors (Lipinski definition) is 3. The normalized spacial score (nSPS) is 12.9. The fourth-order valence-corrected chi connectivity index (χ4v) is 3.21. The van der Waals surface area contributed by atoms with Gasteiger partial charge < -0.3 is 9.30 Å². The van der Waals surface area contributed by atoms with Crippen LogP contribution in [0.5, 0.6) is 0 Å². The minimum atomic E-state index is -0.101. The van der Waals surface area contributed by atoms with E-state index in [0.717, 1.165) is 23.3 Å².